The van der Waals surface area contributed by atoms with Gasteiger partial charge >= 0.3 is 0 Å². The lowest BCUT2D eigenvalue weighted by Crippen LogP contribution is -2.21. The van der Waals surface area contributed by atoms with Crippen molar-refractivity contribution in [2.75, 3.05) is 7.11 Å². The van der Waals surface area contributed by atoms with E-state index < -0.39 is 5.60 Å². The number of aliphatic hydroxyl groups is 1. The molecule has 0 saturated heterocycles. The summed E-state index contributed by atoms with van der Waals surface area (Å²) in [6.45, 7) is 3.39. The first-order valence-electron chi connectivity index (χ1n) is 3.59. The maximum atomic E-state index is 8.65. The molecule has 5 nitrogen and oxygen atoms in total. The van der Waals surface area contributed by atoms with E-state index >= 15 is 0 Å². The lowest BCUT2D eigenvalue weighted by molar-refractivity contribution is 0.00973. The maximum absolute atomic E-state index is 8.65. The molecular formula is C7H12N2O3. The van der Waals surface area contributed by atoms with E-state index in [1.807, 2.05) is 13.8 Å². The van der Waals surface area contributed by atoms with Crippen molar-refractivity contribution in [1.29, 1.82) is 0 Å². The first-order chi connectivity index (χ1) is 5.60. The van der Waals surface area contributed by atoms with Crippen molar-refractivity contribution in [1.82, 2.24) is 10.1 Å². The van der Waals surface area contributed by atoms with Crippen LogP contribution in [-0.2, 0) is 16.9 Å². The highest BCUT2D eigenvalue weighted by Crippen LogP contribution is 2.19. The van der Waals surface area contributed by atoms with Crippen LogP contribution in [0.3, 0.4) is 0 Å². The van der Waals surface area contributed by atoms with E-state index in [1.165, 1.54) is 0 Å². The van der Waals surface area contributed by atoms with Crippen LogP contribution in [0.4, 0.5) is 0 Å². The summed E-state index contributed by atoms with van der Waals surface area (Å²) in [4.78, 5) is 3.92. The molecule has 1 aromatic rings. The molecule has 1 heterocycles. The number of hydrogen-bond donors (Lipinski definition) is 1. The number of methoxy groups -OCH3 is 1. The molecule has 0 atom stereocenters. The molecule has 68 valence electrons. The molecule has 0 fully saturated rings. The van der Waals surface area contributed by atoms with Crippen LogP contribution in [0.25, 0.3) is 0 Å². The fourth-order valence-corrected chi connectivity index (χ4v) is 0.655. The van der Waals surface area contributed by atoms with Gasteiger partial charge in [0.25, 0.3) is 5.89 Å². The van der Waals surface area contributed by atoms with Crippen molar-refractivity contribution >= 4 is 0 Å². The summed E-state index contributed by atoms with van der Waals surface area (Å²) < 4.78 is 9.83. The molecule has 0 radical (unpaired) electrons. The third-order valence-corrected chi connectivity index (χ3v) is 1.65. The van der Waals surface area contributed by atoms with Crippen molar-refractivity contribution in [2.45, 2.75) is 26.1 Å². The van der Waals surface area contributed by atoms with Gasteiger partial charge < -0.3 is 14.4 Å². The van der Waals surface area contributed by atoms with Crippen LogP contribution in [0.5, 0.6) is 0 Å². The SMILES string of the molecule is COC(C)(C)c1noc(CO)n1. The van der Waals surface area contributed by atoms with Crippen LogP contribution in [0.15, 0.2) is 4.52 Å². The van der Waals surface area contributed by atoms with Gasteiger partial charge in [-0.2, -0.15) is 4.98 Å². The Bertz CT molecular complexity index is 257. The normalized spacial score (nSPS) is 12.0. The molecule has 0 aliphatic heterocycles. The molecule has 1 aromatic heterocycles. The summed E-state index contributed by atoms with van der Waals surface area (Å²) in [6.07, 6.45) is 0. The second-order valence-electron chi connectivity index (χ2n) is 2.88. The Morgan fingerprint density at radius 3 is 2.67 bits per heavy atom. The molecule has 5 heteroatoms. The molecule has 0 unspecified atom stereocenters. The lowest BCUT2D eigenvalue weighted by Gasteiger charge is -2.17. The zero-order valence-electron chi connectivity index (χ0n) is 7.37. The van der Waals surface area contributed by atoms with Crippen LogP contribution in [0.2, 0.25) is 0 Å². The maximum Gasteiger partial charge on any atom is 0.252 e. The minimum Gasteiger partial charge on any atom is -0.387 e. The fourth-order valence-electron chi connectivity index (χ4n) is 0.655. The molecule has 12 heavy (non-hydrogen) atoms. The summed E-state index contributed by atoms with van der Waals surface area (Å²) in [5, 5.41) is 12.3. The first kappa shape index (κ1) is 9.15. The second-order valence-corrected chi connectivity index (χ2v) is 2.88. The Kier molecular flexibility index (Phi) is 2.44. The largest absolute Gasteiger partial charge is 0.387 e. The zero-order chi connectivity index (χ0) is 9.19. The van der Waals surface area contributed by atoms with Gasteiger partial charge in [0.1, 0.15) is 12.2 Å². The quantitative estimate of drug-likeness (QED) is 0.716. The third-order valence-electron chi connectivity index (χ3n) is 1.65. The van der Waals surface area contributed by atoms with Gasteiger partial charge in [0.15, 0.2) is 0 Å². The van der Waals surface area contributed by atoms with Crippen molar-refractivity contribution in [3.8, 4) is 0 Å². The Balaban J connectivity index is 2.88. The number of aliphatic hydroxyl groups excluding tert-OH is 1. The topological polar surface area (TPSA) is 68.4 Å². The van der Waals surface area contributed by atoms with E-state index in [4.69, 9.17) is 14.4 Å². The van der Waals surface area contributed by atoms with Crippen molar-refractivity contribution in [3.05, 3.63) is 11.7 Å². The Morgan fingerprint density at radius 2 is 2.25 bits per heavy atom. The molecule has 0 amide bonds. The Labute approximate surface area is 70.3 Å². The van der Waals surface area contributed by atoms with Crippen LogP contribution in [0.1, 0.15) is 25.6 Å². The molecule has 1 N–H and O–H groups in total. The van der Waals surface area contributed by atoms with Crippen molar-refractivity contribution in [2.24, 2.45) is 0 Å². The standard InChI is InChI=1S/C7H12N2O3/c1-7(2,11-3)6-8-5(4-10)12-9-6/h10H,4H2,1-3H3. The van der Waals surface area contributed by atoms with Gasteiger partial charge in [-0.3, -0.25) is 0 Å². The number of ether oxygens (including phenoxy) is 1. The highest BCUT2D eigenvalue weighted by molar-refractivity contribution is 4.96. The van der Waals surface area contributed by atoms with E-state index in [1.54, 1.807) is 7.11 Å². The monoisotopic (exact) mass is 172 g/mol. The van der Waals surface area contributed by atoms with Gasteiger partial charge in [-0.15, -0.1) is 0 Å². The minimum atomic E-state index is -0.573. The van der Waals surface area contributed by atoms with E-state index in [2.05, 4.69) is 10.1 Å². The van der Waals surface area contributed by atoms with Gasteiger partial charge in [-0.05, 0) is 13.8 Å². The summed E-state index contributed by atoms with van der Waals surface area (Å²) in [6, 6.07) is 0. The predicted octanol–water partition coefficient (Wildman–Crippen LogP) is 0.443. The first-order valence-corrected chi connectivity index (χ1v) is 3.59. The number of nitrogens with zero attached hydrogens (tertiary/aromatic N) is 2. The molecular weight excluding hydrogens is 160 g/mol. The molecule has 0 bridgehead atoms. The smallest absolute Gasteiger partial charge is 0.252 e. The van der Waals surface area contributed by atoms with E-state index in [0.29, 0.717) is 5.82 Å². The summed E-state index contributed by atoms with van der Waals surface area (Å²) in [5.74, 6) is 0.643. The highest BCUT2D eigenvalue weighted by atomic mass is 16.5. The minimum absolute atomic E-state index is 0.204. The van der Waals surface area contributed by atoms with Crippen molar-refractivity contribution < 1.29 is 14.4 Å². The molecule has 0 spiro atoms. The Morgan fingerprint density at radius 1 is 1.58 bits per heavy atom. The van der Waals surface area contributed by atoms with Gasteiger partial charge in [0.2, 0.25) is 5.82 Å². The average Bonchev–Trinajstić information content (AvgIpc) is 2.52. The van der Waals surface area contributed by atoms with E-state index in [-0.39, 0.29) is 12.5 Å². The predicted molar refractivity (Wildman–Crippen MR) is 40.3 cm³/mol. The average molecular weight is 172 g/mol. The molecule has 0 aromatic carbocycles. The van der Waals surface area contributed by atoms with Crippen LogP contribution < -0.4 is 0 Å². The van der Waals surface area contributed by atoms with Crippen LogP contribution in [-0.4, -0.2) is 22.4 Å². The van der Waals surface area contributed by atoms with Gasteiger partial charge in [0.05, 0.1) is 0 Å². The Hall–Kier alpha value is -0.940. The van der Waals surface area contributed by atoms with Gasteiger partial charge in [-0.25, -0.2) is 0 Å². The fraction of sp³-hybridized carbons (Fsp3) is 0.714. The van der Waals surface area contributed by atoms with Crippen LogP contribution in [0, 0.1) is 0 Å². The summed E-state index contributed by atoms with van der Waals surface area (Å²) >= 11 is 0. The molecule has 0 aliphatic carbocycles. The van der Waals surface area contributed by atoms with E-state index in [9.17, 15) is 0 Å². The number of rotatable bonds is 3. The second kappa shape index (κ2) is 3.20. The number of aromatic nitrogens is 2. The highest BCUT2D eigenvalue weighted by Gasteiger charge is 2.25. The lowest BCUT2D eigenvalue weighted by atomic mass is 10.1. The summed E-state index contributed by atoms with van der Waals surface area (Å²) in [7, 11) is 1.56. The van der Waals surface area contributed by atoms with Gasteiger partial charge in [-0.1, -0.05) is 5.16 Å². The van der Waals surface area contributed by atoms with Crippen LogP contribution >= 0.6 is 0 Å². The zero-order valence-corrected chi connectivity index (χ0v) is 7.37. The molecule has 0 aliphatic rings. The van der Waals surface area contributed by atoms with Gasteiger partial charge in [0, 0.05) is 7.11 Å². The molecule has 0 saturated carbocycles. The third kappa shape index (κ3) is 1.62. The summed E-state index contributed by atoms with van der Waals surface area (Å²) in [5.41, 5.74) is -0.573. The van der Waals surface area contributed by atoms with E-state index in [0.717, 1.165) is 0 Å². The van der Waals surface area contributed by atoms with Crippen molar-refractivity contribution in [3.63, 3.8) is 0 Å². The number of hydrogen-bond acceptors (Lipinski definition) is 5. The molecule has 1 rings (SSSR count).